The van der Waals surface area contributed by atoms with E-state index in [1.54, 1.807) is 0 Å². The molecule has 0 spiro atoms. The molecule has 1 rings (SSSR count). The van der Waals surface area contributed by atoms with Gasteiger partial charge in [-0.15, -0.1) is 0 Å². The molecule has 0 saturated heterocycles. The van der Waals surface area contributed by atoms with Gasteiger partial charge in [0.25, 0.3) is 0 Å². The number of aliphatic hydroxyl groups excluding tert-OH is 1. The SMILES string of the molecule is Cc1cc(C)cc(CCCCC(C)O)c1. The van der Waals surface area contributed by atoms with Crippen molar-refractivity contribution < 1.29 is 5.11 Å². The van der Waals surface area contributed by atoms with Crippen LogP contribution in [0.1, 0.15) is 42.9 Å². The molecule has 0 aromatic heterocycles. The predicted molar refractivity (Wildman–Crippen MR) is 65.2 cm³/mol. The molecule has 0 heterocycles. The van der Waals surface area contributed by atoms with Crippen molar-refractivity contribution in [1.29, 1.82) is 0 Å². The summed E-state index contributed by atoms with van der Waals surface area (Å²) in [6, 6.07) is 6.73. The van der Waals surface area contributed by atoms with Gasteiger partial charge in [-0.05, 0) is 45.6 Å². The predicted octanol–water partition coefficient (Wildman–Crippen LogP) is 3.40. The Hall–Kier alpha value is -0.820. The van der Waals surface area contributed by atoms with Gasteiger partial charge < -0.3 is 5.11 Å². The average molecular weight is 206 g/mol. The molecular formula is C14H22O. The Kier molecular flexibility index (Phi) is 4.83. The maximum absolute atomic E-state index is 9.14. The first-order valence-electron chi connectivity index (χ1n) is 5.83. The van der Waals surface area contributed by atoms with E-state index in [1.807, 2.05) is 6.92 Å². The minimum Gasteiger partial charge on any atom is -0.393 e. The highest BCUT2D eigenvalue weighted by Crippen LogP contribution is 2.12. The molecule has 84 valence electrons. The Morgan fingerprint density at radius 1 is 1.07 bits per heavy atom. The van der Waals surface area contributed by atoms with Gasteiger partial charge in [-0.1, -0.05) is 35.7 Å². The summed E-state index contributed by atoms with van der Waals surface area (Å²) in [5, 5.41) is 9.14. The topological polar surface area (TPSA) is 20.2 Å². The van der Waals surface area contributed by atoms with E-state index in [2.05, 4.69) is 32.0 Å². The standard InChI is InChI=1S/C14H22O/c1-11-8-12(2)10-14(9-11)7-5-4-6-13(3)15/h8-10,13,15H,4-7H2,1-3H3. The van der Waals surface area contributed by atoms with Crippen molar-refractivity contribution in [2.24, 2.45) is 0 Å². The molecule has 0 bridgehead atoms. The molecule has 1 nitrogen and oxygen atoms in total. The van der Waals surface area contributed by atoms with Crippen LogP contribution < -0.4 is 0 Å². The van der Waals surface area contributed by atoms with E-state index in [-0.39, 0.29) is 6.10 Å². The third-order valence-corrected chi connectivity index (χ3v) is 2.62. The van der Waals surface area contributed by atoms with Crippen LogP contribution in [0.5, 0.6) is 0 Å². The van der Waals surface area contributed by atoms with Crippen molar-refractivity contribution in [2.45, 2.75) is 52.6 Å². The molecule has 1 heteroatoms. The normalized spacial score (nSPS) is 12.8. The second kappa shape index (κ2) is 5.92. The number of aliphatic hydroxyl groups is 1. The summed E-state index contributed by atoms with van der Waals surface area (Å²) in [5.41, 5.74) is 4.12. The zero-order valence-corrected chi connectivity index (χ0v) is 10.1. The number of aryl methyl sites for hydroxylation is 3. The fourth-order valence-electron chi connectivity index (χ4n) is 1.98. The highest BCUT2D eigenvalue weighted by Gasteiger charge is 1.98. The Labute approximate surface area is 93.1 Å². The van der Waals surface area contributed by atoms with Crippen LogP contribution in [-0.4, -0.2) is 11.2 Å². The van der Waals surface area contributed by atoms with Gasteiger partial charge in [-0.2, -0.15) is 0 Å². The maximum Gasteiger partial charge on any atom is 0.0512 e. The molecule has 0 aliphatic carbocycles. The smallest absolute Gasteiger partial charge is 0.0512 e. The van der Waals surface area contributed by atoms with E-state index in [0.717, 1.165) is 19.3 Å². The van der Waals surface area contributed by atoms with Crippen LogP contribution in [0.3, 0.4) is 0 Å². The Balaban J connectivity index is 2.37. The van der Waals surface area contributed by atoms with Gasteiger partial charge in [-0.3, -0.25) is 0 Å². The van der Waals surface area contributed by atoms with Crippen LogP contribution in [-0.2, 0) is 6.42 Å². The first-order chi connectivity index (χ1) is 7.08. The number of hydrogen-bond donors (Lipinski definition) is 1. The van der Waals surface area contributed by atoms with Crippen molar-refractivity contribution in [2.75, 3.05) is 0 Å². The summed E-state index contributed by atoms with van der Waals surface area (Å²) in [6.07, 6.45) is 4.20. The molecule has 0 aliphatic rings. The third kappa shape index (κ3) is 4.98. The van der Waals surface area contributed by atoms with Crippen LogP contribution in [0.4, 0.5) is 0 Å². The summed E-state index contributed by atoms with van der Waals surface area (Å²) < 4.78 is 0. The molecule has 0 saturated carbocycles. The van der Waals surface area contributed by atoms with Gasteiger partial charge in [-0.25, -0.2) is 0 Å². The van der Waals surface area contributed by atoms with Crippen LogP contribution in [0.25, 0.3) is 0 Å². The summed E-state index contributed by atoms with van der Waals surface area (Å²) in [4.78, 5) is 0. The molecule has 0 aliphatic heterocycles. The van der Waals surface area contributed by atoms with E-state index in [0.29, 0.717) is 0 Å². The fourth-order valence-corrected chi connectivity index (χ4v) is 1.98. The summed E-state index contributed by atoms with van der Waals surface area (Å²) in [7, 11) is 0. The average Bonchev–Trinajstić information content (AvgIpc) is 2.10. The minimum absolute atomic E-state index is 0.149. The number of benzene rings is 1. The molecule has 1 aromatic carbocycles. The van der Waals surface area contributed by atoms with Crippen molar-refractivity contribution >= 4 is 0 Å². The lowest BCUT2D eigenvalue weighted by Crippen LogP contribution is -1.99. The molecule has 0 amide bonds. The van der Waals surface area contributed by atoms with Crippen molar-refractivity contribution in [3.8, 4) is 0 Å². The molecular weight excluding hydrogens is 184 g/mol. The zero-order valence-electron chi connectivity index (χ0n) is 10.1. The first kappa shape index (κ1) is 12.3. The summed E-state index contributed by atoms with van der Waals surface area (Å²) >= 11 is 0. The minimum atomic E-state index is -0.149. The highest BCUT2D eigenvalue weighted by atomic mass is 16.3. The van der Waals surface area contributed by atoms with Crippen molar-refractivity contribution in [1.82, 2.24) is 0 Å². The van der Waals surface area contributed by atoms with Crippen LogP contribution in [0.2, 0.25) is 0 Å². The molecule has 0 fully saturated rings. The van der Waals surface area contributed by atoms with Gasteiger partial charge in [0.05, 0.1) is 6.10 Å². The summed E-state index contributed by atoms with van der Waals surface area (Å²) in [6.45, 7) is 6.15. The van der Waals surface area contributed by atoms with Gasteiger partial charge in [0.2, 0.25) is 0 Å². The molecule has 1 aromatic rings. The number of hydrogen-bond acceptors (Lipinski definition) is 1. The molecule has 1 unspecified atom stereocenters. The van der Waals surface area contributed by atoms with E-state index in [1.165, 1.54) is 23.1 Å². The third-order valence-electron chi connectivity index (χ3n) is 2.62. The van der Waals surface area contributed by atoms with Gasteiger partial charge in [0.1, 0.15) is 0 Å². The molecule has 1 atom stereocenters. The molecule has 1 N–H and O–H groups in total. The Bertz CT molecular complexity index is 282. The first-order valence-corrected chi connectivity index (χ1v) is 5.83. The Morgan fingerprint density at radius 2 is 1.67 bits per heavy atom. The van der Waals surface area contributed by atoms with Gasteiger partial charge in [0.15, 0.2) is 0 Å². The van der Waals surface area contributed by atoms with E-state index in [4.69, 9.17) is 5.11 Å². The zero-order chi connectivity index (χ0) is 11.3. The second-order valence-electron chi connectivity index (χ2n) is 4.59. The quantitative estimate of drug-likeness (QED) is 0.732. The maximum atomic E-state index is 9.14. The van der Waals surface area contributed by atoms with Crippen LogP contribution in [0, 0.1) is 13.8 Å². The lowest BCUT2D eigenvalue weighted by atomic mass is 10.0. The van der Waals surface area contributed by atoms with E-state index < -0.39 is 0 Å². The monoisotopic (exact) mass is 206 g/mol. The molecule has 0 radical (unpaired) electrons. The van der Waals surface area contributed by atoms with Gasteiger partial charge >= 0.3 is 0 Å². The lowest BCUT2D eigenvalue weighted by Gasteiger charge is -2.06. The van der Waals surface area contributed by atoms with Crippen molar-refractivity contribution in [3.05, 3.63) is 34.9 Å². The fraction of sp³-hybridized carbons (Fsp3) is 0.571. The van der Waals surface area contributed by atoms with Crippen LogP contribution >= 0.6 is 0 Å². The molecule has 15 heavy (non-hydrogen) atoms. The van der Waals surface area contributed by atoms with E-state index >= 15 is 0 Å². The Morgan fingerprint density at radius 3 is 2.20 bits per heavy atom. The lowest BCUT2D eigenvalue weighted by molar-refractivity contribution is 0.180. The largest absolute Gasteiger partial charge is 0.393 e. The van der Waals surface area contributed by atoms with Crippen LogP contribution in [0.15, 0.2) is 18.2 Å². The van der Waals surface area contributed by atoms with Crippen molar-refractivity contribution in [3.63, 3.8) is 0 Å². The van der Waals surface area contributed by atoms with E-state index in [9.17, 15) is 0 Å². The number of unbranched alkanes of at least 4 members (excludes halogenated alkanes) is 1. The number of rotatable bonds is 5. The summed E-state index contributed by atoms with van der Waals surface area (Å²) in [5.74, 6) is 0. The second-order valence-corrected chi connectivity index (χ2v) is 4.59. The van der Waals surface area contributed by atoms with Gasteiger partial charge in [0, 0.05) is 0 Å². The highest BCUT2D eigenvalue weighted by molar-refractivity contribution is 5.28.